The molecule has 90 valence electrons. The highest BCUT2D eigenvalue weighted by molar-refractivity contribution is 9.10. The summed E-state index contributed by atoms with van der Waals surface area (Å²) in [5.41, 5.74) is 11.6. The summed E-state index contributed by atoms with van der Waals surface area (Å²) in [6, 6.07) is 4.19. The molecule has 2 rings (SSSR count). The van der Waals surface area contributed by atoms with Crippen molar-refractivity contribution in [2.24, 2.45) is 0 Å². The van der Waals surface area contributed by atoms with E-state index in [1.165, 1.54) is 5.56 Å². The molecule has 2 aromatic rings. The van der Waals surface area contributed by atoms with Crippen molar-refractivity contribution in [1.29, 1.82) is 0 Å². The van der Waals surface area contributed by atoms with Gasteiger partial charge in [-0.15, -0.1) is 0 Å². The van der Waals surface area contributed by atoms with E-state index in [1.807, 2.05) is 6.92 Å². The van der Waals surface area contributed by atoms with Crippen molar-refractivity contribution in [2.45, 2.75) is 33.6 Å². The Bertz CT molecular complexity index is 576. The Morgan fingerprint density at radius 2 is 1.94 bits per heavy atom. The number of aryl methyl sites for hydroxylation is 2. The highest BCUT2D eigenvalue weighted by Crippen LogP contribution is 2.31. The summed E-state index contributed by atoms with van der Waals surface area (Å²) < 4.78 is 1.07. The van der Waals surface area contributed by atoms with Crippen LogP contribution in [-0.2, 0) is 12.8 Å². The van der Waals surface area contributed by atoms with E-state index in [9.17, 15) is 0 Å². The number of nitrogens with two attached hydrogens (primary N) is 1. The van der Waals surface area contributed by atoms with E-state index < -0.39 is 0 Å². The first-order chi connectivity index (χ1) is 8.08. The number of hydrogen-bond donors (Lipinski definition) is 1. The molecule has 0 fully saturated rings. The maximum Gasteiger partial charge on any atom is 0.0758 e. The van der Waals surface area contributed by atoms with Crippen molar-refractivity contribution in [3.63, 3.8) is 0 Å². The molecular weight excluding hydrogens is 276 g/mol. The van der Waals surface area contributed by atoms with Gasteiger partial charge in [0.15, 0.2) is 0 Å². The number of rotatable bonds is 2. The van der Waals surface area contributed by atoms with E-state index in [-0.39, 0.29) is 0 Å². The van der Waals surface area contributed by atoms with Crippen LogP contribution < -0.4 is 5.73 Å². The number of nitrogen functional groups attached to an aromatic ring is 1. The van der Waals surface area contributed by atoms with Crippen molar-refractivity contribution >= 4 is 32.5 Å². The quantitative estimate of drug-likeness (QED) is 0.908. The molecule has 1 aromatic carbocycles. The van der Waals surface area contributed by atoms with Gasteiger partial charge in [-0.3, -0.25) is 4.98 Å². The molecule has 2 nitrogen and oxygen atoms in total. The van der Waals surface area contributed by atoms with Crippen molar-refractivity contribution in [3.8, 4) is 0 Å². The highest BCUT2D eigenvalue weighted by atomic mass is 79.9. The van der Waals surface area contributed by atoms with E-state index in [1.54, 1.807) is 0 Å². The maximum atomic E-state index is 6.23. The SMILES string of the molecule is CCc1nc2c(CC)cc(Br)cc2c(N)c1C. The second kappa shape index (κ2) is 4.65. The molecule has 0 radical (unpaired) electrons. The van der Waals surface area contributed by atoms with Gasteiger partial charge in [0.1, 0.15) is 0 Å². The summed E-state index contributed by atoms with van der Waals surface area (Å²) in [4.78, 5) is 4.77. The Morgan fingerprint density at radius 3 is 2.53 bits per heavy atom. The van der Waals surface area contributed by atoms with Crippen LogP contribution in [0.3, 0.4) is 0 Å². The molecule has 3 heteroatoms. The third-order valence-corrected chi connectivity index (χ3v) is 3.70. The molecule has 0 aliphatic heterocycles. The lowest BCUT2D eigenvalue weighted by atomic mass is 10.0. The second-order valence-electron chi connectivity index (χ2n) is 4.27. The fourth-order valence-electron chi connectivity index (χ4n) is 2.18. The Morgan fingerprint density at radius 1 is 1.24 bits per heavy atom. The van der Waals surface area contributed by atoms with Crippen molar-refractivity contribution < 1.29 is 0 Å². The molecule has 0 saturated carbocycles. The second-order valence-corrected chi connectivity index (χ2v) is 5.18. The van der Waals surface area contributed by atoms with Crippen LogP contribution in [0.1, 0.15) is 30.7 Å². The fraction of sp³-hybridized carbons (Fsp3) is 0.357. The minimum Gasteiger partial charge on any atom is -0.398 e. The van der Waals surface area contributed by atoms with E-state index in [4.69, 9.17) is 10.7 Å². The normalized spacial score (nSPS) is 11.1. The Labute approximate surface area is 110 Å². The lowest BCUT2D eigenvalue weighted by Gasteiger charge is -2.13. The molecular formula is C14H17BrN2. The molecule has 2 N–H and O–H groups in total. The number of nitrogens with zero attached hydrogens (tertiary/aromatic N) is 1. The van der Waals surface area contributed by atoms with Gasteiger partial charge in [-0.1, -0.05) is 29.8 Å². The summed E-state index contributed by atoms with van der Waals surface area (Å²) >= 11 is 3.54. The molecule has 17 heavy (non-hydrogen) atoms. The van der Waals surface area contributed by atoms with Gasteiger partial charge >= 0.3 is 0 Å². The maximum absolute atomic E-state index is 6.23. The standard InChI is InChI=1S/C14H17BrN2/c1-4-9-6-10(15)7-11-13(16)8(3)12(5-2)17-14(9)11/h6-7H,4-5H2,1-3H3,(H2,16,17). The van der Waals surface area contributed by atoms with Crippen LogP contribution in [0, 0.1) is 6.92 Å². The van der Waals surface area contributed by atoms with Crippen LogP contribution in [0.25, 0.3) is 10.9 Å². The molecule has 0 bridgehead atoms. The molecule has 0 saturated heterocycles. The molecule has 1 aromatic heterocycles. The summed E-state index contributed by atoms with van der Waals surface area (Å²) in [5.74, 6) is 0. The first-order valence-corrected chi connectivity index (χ1v) is 6.74. The molecule has 0 unspecified atom stereocenters. The number of fused-ring (bicyclic) bond motifs is 1. The average Bonchev–Trinajstić information content (AvgIpc) is 2.33. The van der Waals surface area contributed by atoms with Crippen LogP contribution in [0.15, 0.2) is 16.6 Å². The van der Waals surface area contributed by atoms with Gasteiger partial charge in [0.05, 0.1) is 5.52 Å². The number of anilines is 1. The zero-order valence-electron chi connectivity index (χ0n) is 10.5. The first kappa shape index (κ1) is 12.4. The lowest BCUT2D eigenvalue weighted by molar-refractivity contribution is 1.02. The smallest absolute Gasteiger partial charge is 0.0758 e. The summed E-state index contributed by atoms with van der Waals surface area (Å²) in [6.07, 6.45) is 1.89. The minimum absolute atomic E-state index is 0.864. The molecule has 0 amide bonds. The zero-order valence-corrected chi connectivity index (χ0v) is 12.1. The van der Waals surface area contributed by atoms with Crippen LogP contribution in [0.2, 0.25) is 0 Å². The van der Waals surface area contributed by atoms with Gasteiger partial charge in [-0.2, -0.15) is 0 Å². The third-order valence-electron chi connectivity index (χ3n) is 3.24. The third kappa shape index (κ3) is 2.04. The number of pyridine rings is 1. The van der Waals surface area contributed by atoms with Crippen LogP contribution in [0.4, 0.5) is 5.69 Å². The van der Waals surface area contributed by atoms with Gasteiger partial charge in [-0.05, 0) is 43.0 Å². The van der Waals surface area contributed by atoms with Crippen LogP contribution >= 0.6 is 15.9 Å². The van der Waals surface area contributed by atoms with Crippen molar-refractivity contribution in [3.05, 3.63) is 33.4 Å². The molecule has 0 spiro atoms. The summed E-state index contributed by atoms with van der Waals surface area (Å²) in [7, 11) is 0. The van der Waals surface area contributed by atoms with Gasteiger partial charge in [0.2, 0.25) is 0 Å². The lowest BCUT2D eigenvalue weighted by Crippen LogP contribution is -2.02. The Kier molecular flexibility index (Phi) is 3.38. The van der Waals surface area contributed by atoms with Gasteiger partial charge in [0, 0.05) is 21.2 Å². The Balaban J connectivity index is 2.90. The number of aromatic nitrogens is 1. The van der Waals surface area contributed by atoms with Crippen LogP contribution in [0.5, 0.6) is 0 Å². The van der Waals surface area contributed by atoms with Crippen molar-refractivity contribution in [1.82, 2.24) is 4.98 Å². The zero-order chi connectivity index (χ0) is 12.6. The average molecular weight is 293 g/mol. The van der Waals surface area contributed by atoms with Gasteiger partial charge < -0.3 is 5.73 Å². The molecule has 0 aliphatic rings. The van der Waals surface area contributed by atoms with E-state index in [0.29, 0.717) is 0 Å². The number of halogens is 1. The molecule has 0 atom stereocenters. The fourth-order valence-corrected chi connectivity index (χ4v) is 2.69. The summed E-state index contributed by atoms with van der Waals surface area (Å²) in [6.45, 7) is 6.31. The molecule has 0 aliphatic carbocycles. The number of benzene rings is 1. The van der Waals surface area contributed by atoms with Gasteiger partial charge in [-0.25, -0.2) is 0 Å². The van der Waals surface area contributed by atoms with Crippen molar-refractivity contribution in [2.75, 3.05) is 5.73 Å². The largest absolute Gasteiger partial charge is 0.398 e. The van der Waals surface area contributed by atoms with E-state index >= 15 is 0 Å². The van der Waals surface area contributed by atoms with Crippen LogP contribution in [-0.4, -0.2) is 4.98 Å². The monoisotopic (exact) mass is 292 g/mol. The Hall–Kier alpha value is -1.09. The first-order valence-electron chi connectivity index (χ1n) is 5.95. The van der Waals surface area contributed by atoms with E-state index in [0.717, 1.165) is 45.2 Å². The minimum atomic E-state index is 0.864. The predicted molar refractivity (Wildman–Crippen MR) is 77.3 cm³/mol. The topological polar surface area (TPSA) is 38.9 Å². The summed E-state index contributed by atoms with van der Waals surface area (Å²) in [5, 5.41) is 1.06. The highest BCUT2D eigenvalue weighted by Gasteiger charge is 2.11. The van der Waals surface area contributed by atoms with E-state index in [2.05, 4.69) is 41.9 Å². The van der Waals surface area contributed by atoms with Gasteiger partial charge in [0.25, 0.3) is 0 Å². The molecule has 1 heterocycles. The predicted octanol–water partition coefficient (Wildman–Crippen LogP) is 4.01. The number of hydrogen-bond acceptors (Lipinski definition) is 2.